The van der Waals surface area contributed by atoms with Crippen molar-refractivity contribution in [3.63, 3.8) is 0 Å². The van der Waals surface area contributed by atoms with Crippen LogP contribution in [-0.4, -0.2) is 18.0 Å². The van der Waals surface area contributed by atoms with Gasteiger partial charge in [0.15, 0.2) is 0 Å². The summed E-state index contributed by atoms with van der Waals surface area (Å²) in [7, 11) is 0. The van der Waals surface area contributed by atoms with E-state index in [1.807, 2.05) is 13.8 Å². The summed E-state index contributed by atoms with van der Waals surface area (Å²) in [6.07, 6.45) is 10.0. The second-order valence-corrected chi connectivity index (χ2v) is 5.09. The van der Waals surface area contributed by atoms with Crippen LogP contribution in [0.25, 0.3) is 0 Å². The van der Waals surface area contributed by atoms with Crippen molar-refractivity contribution in [1.29, 1.82) is 0 Å². The van der Waals surface area contributed by atoms with E-state index >= 15 is 0 Å². The fourth-order valence-electron chi connectivity index (χ4n) is 1.86. The number of carbonyl (C=O) groups excluding carboxylic acids is 1. The summed E-state index contributed by atoms with van der Waals surface area (Å²) in [4.78, 5) is 11.7. The van der Waals surface area contributed by atoms with Crippen LogP contribution in [-0.2, 0) is 4.79 Å². The van der Waals surface area contributed by atoms with Crippen molar-refractivity contribution in [2.24, 2.45) is 11.7 Å². The lowest BCUT2D eigenvalue weighted by atomic mass is 9.94. The van der Waals surface area contributed by atoms with Gasteiger partial charge in [-0.3, -0.25) is 4.79 Å². The summed E-state index contributed by atoms with van der Waals surface area (Å²) in [6.45, 7) is 6.51. The fraction of sp³-hybridized carbons (Fsp3) is 0.786. The highest BCUT2D eigenvalue weighted by Gasteiger charge is 2.17. The van der Waals surface area contributed by atoms with E-state index in [0.29, 0.717) is 18.9 Å². The van der Waals surface area contributed by atoms with Crippen molar-refractivity contribution < 1.29 is 4.79 Å². The Morgan fingerprint density at radius 3 is 2.53 bits per heavy atom. The van der Waals surface area contributed by atoms with Gasteiger partial charge < -0.3 is 11.1 Å². The van der Waals surface area contributed by atoms with Gasteiger partial charge in [0.2, 0.25) is 5.91 Å². The quantitative estimate of drug-likeness (QED) is 0.636. The van der Waals surface area contributed by atoms with Crippen LogP contribution in [0.15, 0.2) is 0 Å². The lowest BCUT2D eigenvalue weighted by Crippen LogP contribution is -2.42. The summed E-state index contributed by atoms with van der Waals surface area (Å²) in [5.74, 6) is 3.15. The highest BCUT2D eigenvalue weighted by molar-refractivity contribution is 5.77. The van der Waals surface area contributed by atoms with Gasteiger partial charge in [0, 0.05) is 6.42 Å². The van der Waals surface area contributed by atoms with Gasteiger partial charge in [-0.1, -0.05) is 25.7 Å². The van der Waals surface area contributed by atoms with Gasteiger partial charge in [-0.2, -0.15) is 0 Å². The minimum Gasteiger partial charge on any atom is -0.340 e. The Morgan fingerprint density at radius 2 is 2.06 bits per heavy atom. The molecule has 0 aromatic carbocycles. The van der Waals surface area contributed by atoms with Crippen molar-refractivity contribution in [1.82, 2.24) is 5.32 Å². The topological polar surface area (TPSA) is 55.1 Å². The van der Waals surface area contributed by atoms with Crippen LogP contribution in [0.5, 0.6) is 0 Å². The highest BCUT2D eigenvalue weighted by atomic mass is 16.1. The first kappa shape index (κ1) is 16.0. The molecule has 98 valence electrons. The summed E-state index contributed by atoms with van der Waals surface area (Å²) in [5, 5.41) is 2.84. The molecule has 1 unspecified atom stereocenters. The van der Waals surface area contributed by atoms with Gasteiger partial charge in [-0.15, -0.1) is 6.42 Å². The molecule has 0 rings (SSSR count). The maximum absolute atomic E-state index is 11.7. The van der Waals surface area contributed by atoms with E-state index in [2.05, 4.69) is 18.2 Å². The van der Waals surface area contributed by atoms with E-state index in [9.17, 15) is 4.79 Å². The molecule has 0 bridgehead atoms. The molecule has 17 heavy (non-hydrogen) atoms. The van der Waals surface area contributed by atoms with Gasteiger partial charge in [-0.25, -0.2) is 0 Å². The molecule has 1 atom stereocenters. The van der Waals surface area contributed by atoms with Crippen molar-refractivity contribution >= 4 is 5.91 Å². The predicted molar refractivity (Wildman–Crippen MR) is 72.4 cm³/mol. The molecule has 3 heteroatoms. The molecule has 3 N–H and O–H groups in total. The molecule has 1 amide bonds. The molecule has 0 radical (unpaired) electrons. The summed E-state index contributed by atoms with van der Waals surface area (Å²) in [6, 6.07) is 0. The van der Waals surface area contributed by atoms with E-state index in [4.69, 9.17) is 12.2 Å². The van der Waals surface area contributed by atoms with Gasteiger partial charge in [0.25, 0.3) is 0 Å². The normalized spacial score (nSPS) is 12.9. The number of hydrogen-bond acceptors (Lipinski definition) is 2. The molecule has 0 fully saturated rings. The van der Waals surface area contributed by atoms with E-state index < -0.39 is 5.54 Å². The van der Waals surface area contributed by atoms with Crippen molar-refractivity contribution in [2.75, 3.05) is 6.54 Å². The van der Waals surface area contributed by atoms with Gasteiger partial charge in [0.1, 0.15) is 0 Å². The largest absolute Gasteiger partial charge is 0.340 e. The Kier molecular flexibility index (Phi) is 7.65. The molecule has 0 aliphatic carbocycles. The zero-order valence-electron chi connectivity index (χ0n) is 11.4. The van der Waals surface area contributed by atoms with Crippen molar-refractivity contribution in [2.45, 2.75) is 58.4 Å². The van der Waals surface area contributed by atoms with Crippen LogP contribution < -0.4 is 11.1 Å². The summed E-state index contributed by atoms with van der Waals surface area (Å²) < 4.78 is 0. The number of rotatable bonds is 8. The van der Waals surface area contributed by atoms with E-state index in [1.165, 1.54) is 0 Å². The third-order valence-corrected chi connectivity index (χ3v) is 2.86. The van der Waals surface area contributed by atoms with Crippen LogP contribution in [0.2, 0.25) is 0 Å². The zero-order chi connectivity index (χ0) is 13.3. The molecular weight excluding hydrogens is 212 g/mol. The van der Waals surface area contributed by atoms with E-state index in [0.717, 1.165) is 25.7 Å². The standard InChI is InChI=1S/C14H26N2O/c1-5-7-12(10-11-15)8-9-13(17)16-14(3,4)6-2/h2,12H,5,7-11,15H2,1,3-4H3,(H,16,17). The van der Waals surface area contributed by atoms with Crippen LogP contribution in [0.4, 0.5) is 0 Å². The number of carbonyl (C=O) groups is 1. The maximum Gasteiger partial charge on any atom is 0.221 e. The van der Waals surface area contributed by atoms with Gasteiger partial charge >= 0.3 is 0 Å². The smallest absolute Gasteiger partial charge is 0.221 e. The lowest BCUT2D eigenvalue weighted by molar-refractivity contribution is -0.122. The van der Waals surface area contributed by atoms with Gasteiger partial charge in [0.05, 0.1) is 5.54 Å². The summed E-state index contributed by atoms with van der Waals surface area (Å²) in [5.41, 5.74) is 5.01. The molecule has 3 nitrogen and oxygen atoms in total. The first-order valence-corrected chi connectivity index (χ1v) is 6.44. The number of hydrogen-bond donors (Lipinski definition) is 2. The Balaban J connectivity index is 4.00. The molecule has 0 aliphatic heterocycles. The highest BCUT2D eigenvalue weighted by Crippen LogP contribution is 2.17. The Hall–Kier alpha value is -1.01. The van der Waals surface area contributed by atoms with E-state index in [1.54, 1.807) is 0 Å². The minimum atomic E-state index is -0.550. The van der Waals surface area contributed by atoms with Crippen molar-refractivity contribution in [3.8, 4) is 12.3 Å². The molecule has 0 saturated heterocycles. The first-order valence-electron chi connectivity index (χ1n) is 6.44. The number of terminal acetylenes is 1. The molecule has 0 saturated carbocycles. The third-order valence-electron chi connectivity index (χ3n) is 2.86. The molecule has 0 heterocycles. The number of nitrogens with one attached hydrogen (secondary N) is 1. The molecule has 0 spiro atoms. The Bertz CT molecular complexity index is 260. The average Bonchev–Trinajstić information content (AvgIpc) is 2.26. The number of amides is 1. The Morgan fingerprint density at radius 1 is 1.41 bits per heavy atom. The fourth-order valence-corrected chi connectivity index (χ4v) is 1.86. The van der Waals surface area contributed by atoms with Crippen molar-refractivity contribution in [3.05, 3.63) is 0 Å². The monoisotopic (exact) mass is 238 g/mol. The number of nitrogens with two attached hydrogens (primary N) is 1. The van der Waals surface area contributed by atoms with Gasteiger partial charge in [-0.05, 0) is 39.2 Å². The molecule has 0 aromatic rings. The second kappa shape index (κ2) is 8.14. The SMILES string of the molecule is C#CC(C)(C)NC(=O)CCC(CCC)CCN. The molecule has 0 aromatic heterocycles. The predicted octanol–water partition coefficient (Wildman–Crippen LogP) is 2.06. The van der Waals surface area contributed by atoms with Crippen LogP contribution in [0.3, 0.4) is 0 Å². The average molecular weight is 238 g/mol. The lowest BCUT2D eigenvalue weighted by Gasteiger charge is -2.21. The van der Waals surface area contributed by atoms with E-state index in [-0.39, 0.29) is 5.91 Å². The van der Waals surface area contributed by atoms with Crippen LogP contribution in [0.1, 0.15) is 52.9 Å². The van der Waals surface area contributed by atoms with Crippen LogP contribution >= 0.6 is 0 Å². The second-order valence-electron chi connectivity index (χ2n) is 5.09. The third kappa shape index (κ3) is 7.82. The molecular formula is C14H26N2O. The summed E-state index contributed by atoms with van der Waals surface area (Å²) >= 11 is 0. The maximum atomic E-state index is 11.7. The minimum absolute atomic E-state index is 0.0334. The molecule has 0 aliphatic rings. The first-order chi connectivity index (χ1) is 7.95. The Labute approximate surface area is 106 Å². The van der Waals surface area contributed by atoms with Crippen LogP contribution in [0, 0.1) is 18.3 Å². The zero-order valence-corrected chi connectivity index (χ0v) is 11.4.